The van der Waals surface area contributed by atoms with Crippen molar-refractivity contribution in [2.24, 2.45) is 0 Å². The highest BCUT2D eigenvalue weighted by Gasteiger charge is 2.47. The lowest BCUT2D eigenvalue weighted by atomic mass is 9.84. The van der Waals surface area contributed by atoms with Crippen molar-refractivity contribution < 1.29 is 42.1 Å². The van der Waals surface area contributed by atoms with Crippen LogP contribution >= 0.6 is 0 Å². The molecule has 3 aromatic rings. The summed E-state index contributed by atoms with van der Waals surface area (Å²) in [4.78, 5) is 0. The van der Waals surface area contributed by atoms with E-state index in [1.807, 2.05) is 13.0 Å². The molecule has 10 nitrogen and oxygen atoms in total. The third kappa shape index (κ3) is 4.20. The molecule has 2 aliphatic rings. The molecule has 0 saturated carbocycles. The van der Waals surface area contributed by atoms with E-state index in [9.17, 15) is 23.4 Å². The molecule has 194 valence electrons. The Morgan fingerprint density at radius 2 is 1.97 bits per heavy atom. The minimum Gasteiger partial charge on any atom is -0.394 e. The van der Waals surface area contributed by atoms with Crippen molar-refractivity contribution in [3.05, 3.63) is 53.3 Å². The minimum absolute atomic E-state index is 0.0760. The molecular weight excluding hydrogens is 485 g/mol. The van der Waals surface area contributed by atoms with Gasteiger partial charge in [0, 0.05) is 25.2 Å². The Kier molecular flexibility index (Phi) is 6.59. The molecular formula is C23H25F3N4O6. The van der Waals surface area contributed by atoms with Gasteiger partial charge in [0.1, 0.15) is 35.8 Å². The van der Waals surface area contributed by atoms with E-state index in [0.717, 1.165) is 17.8 Å². The van der Waals surface area contributed by atoms with Gasteiger partial charge in [-0.15, -0.1) is 5.10 Å². The van der Waals surface area contributed by atoms with Gasteiger partial charge >= 0.3 is 0 Å². The van der Waals surface area contributed by atoms with E-state index in [-0.39, 0.29) is 23.1 Å². The van der Waals surface area contributed by atoms with Crippen LogP contribution in [0.4, 0.5) is 13.2 Å². The van der Waals surface area contributed by atoms with Crippen LogP contribution < -0.4 is 0 Å². The van der Waals surface area contributed by atoms with Crippen molar-refractivity contribution in [2.45, 2.75) is 49.2 Å². The number of nitrogens with zero attached hydrogens (tertiary/aromatic N) is 4. The maximum Gasteiger partial charge on any atom is 0.195 e. The van der Waals surface area contributed by atoms with Crippen LogP contribution in [0, 0.1) is 17.5 Å². The Morgan fingerprint density at radius 3 is 2.64 bits per heavy atom. The molecule has 5 atom stereocenters. The predicted octanol–water partition coefficient (Wildman–Crippen LogP) is 1.56. The molecule has 0 spiro atoms. The summed E-state index contributed by atoms with van der Waals surface area (Å²) >= 11 is 0. The molecule has 1 aromatic carbocycles. The van der Waals surface area contributed by atoms with Crippen LogP contribution in [0.3, 0.4) is 0 Å². The van der Waals surface area contributed by atoms with Crippen molar-refractivity contribution in [3.63, 3.8) is 0 Å². The molecule has 2 N–H and O–H groups in total. The number of ether oxygens (including phenoxy) is 3. The van der Waals surface area contributed by atoms with Gasteiger partial charge in [-0.3, -0.25) is 0 Å². The molecule has 0 radical (unpaired) electrons. The van der Waals surface area contributed by atoms with Crippen LogP contribution in [-0.4, -0.2) is 81.7 Å². The lowest BCUT2D eigenvalue weighted by Gasteiger charge is -2.43. The van der Waals surface area contributed by atoms with Crippen molar-refractivity contribution >= 4 is 0 Å². The summed E-state index contributed by atoms with van der Waals surface area (Å²) in [5.41, 5.74) is 0.147. The molecule has 0 bridgehead atoms. The van der Waals surface area contributed by atoms with Gasteiger partial charge in [0.2, 0.25) is 0 Å². The van der Waals surface area contributed by atoms with Crippen LogP contribution in [0.15, 0.2) is 28.9 Å². The Bertz CT molecular complexity index is 1230. The fraction of sp³-hybridized carbons (Fsp3) is 0.522. The van der Waals surface area contributed by atoms with Crippen molar-refractivity contribution in [1.29, 1.82) is 0 Å². The topological polar surface area (TPSA) is 125 Å². The highest BCUT2D eigenvalue weighted by atomic mass is 19.2. The first-order chi connectivity index (χ1) is 17.3. The van der Waals surface area contributed by atoms with E-state index < -0.39 is 54.5 Å². The molecule has 0 unspecified atom stereocenters. The highest BCUT2D eigenvalue weighted by molar-refractivity contribution is 5.58. The first-order valence-corrected chi connectivity index (χ1v) is 11.3. The number of hydrogen-bond acceptors (Lipinski definition) is 9. The molecule has 2 saturated heterocycles. The summed E-state index contributed by atoms with van der Waals surface area (Å²) in [6, 6.07) is 2.73. The number of benzene rings is 1. The molecule has 0 aliphatic carbocycles. The summed E-state index contributed by atoms with van der Waals surface area (Å²) in [5.74, 6) is -3.85. The molecule has 0 amide bonds. The molecule has 5 rings (SSSR count). The average molecular weight is 510 g/mol. The minimum atomic E-state index is -1.63. The summed E-state index contributed by atoms with van der Waals surface area (Å²) < 4.78 is 65.0. The second-order valence-electron chi connectivity index (χ2n) is 9.32. The number of aliphatic hydroxyl groups excluding tert-OH is 2. The van der Waals surface area contributed by atoms with Gasteiger partial charge in [-0.1, -0.05) is 10.4 Å². The maximum absolute atomic E-state index is 14.3. The lowest BCUT2D eigenvalue weighted by molar-refractivity contribution is -0.212. The van der Waals surface area contributed by atoms with E-state index in [2.05, 4.69) is 15.5 Å². The predicted molar refractivity (Wildman–Crippen MR) is 115 cm³/mol. The third-order valence-electron chi connectivity index (χ3n) is 6.78. The van der Waals surface area contributed by atoms with Crippen molar-refractivity contribution in [3.8, 4) is 11.3 Å². The van der Waals surface area contributed by atoms with Crippen LogP contribution in [0.25, 0.3) is 11.3 Å². The molecule has 13 heteroatoms. The Hall–Kier alpha value is -2.84. The number of methoxy groups -OCH3 is 1. The van der Waals surface area contributed by atoms with Gasteiger partial charge in [0.25, 0.3) is 0 Å². The largest absolute Gasteiger partial charge is 0.394 e. The van der Waals surface area contributed by atoms with E-state index in [1.165, 1.54) is 18.0 Å². The normalized spacial score (nSPS) is 27.7. The monoisotopic (exact) mass is 510 g/mol. The van der Waals surface area contributed by atoms with Gasteiger partial charge in [-0.2, -0.15) is 0 Å². The molecule has 2 aromatic heterocycles. The Balaban J connectivity index is 1.43. The first kappa shape index (κ1) is 24.8. The van der Waals surface area contributed by atoms with Gasteiger partial charge in [-0.25, -0.2) is 17.9 Å². The van der Waals surface area contributed by atoms with Gasteiger partial charge in [0.15, 0.2) is 17.5 Å². The summed E-state index contributed by atoms with van der Waals surface area (Å²) in [7, 11) is 1.42. The molecule has 36 heavy (non-hydrogen) atoms. The maximum atomic E-state index is 14.3. The second-order valence-corrected chi connectivity index (χ2v) is 9.32. The van der Waals surface area contributed by atoms with E-state index in [4.69, 9.17) is 18.7 Å². The standard InChI is InChI=1S/C23H25F3N4O6/c1-23(9-34-10-23)17-6-11(36-28-17)5-15-22(33-2)20(21(32)16(8-31)35-15)30-7-14(27-29-30)12-3-4-13(24)19(26)18(12)25/h3-4,6-7,15-16,20-22,31-32H,5,8-10H2,1-2H3/t15-,16-,20+,21+,22+/m1/s1. The van der Waals surface area contributed by atoms with Gasteiger partial charge in [0.05, 0.1) is 43.2 Å². The van der Waals surface area contributed by atoms with Crippen LogP contribution in [0.5, 0.6) is 0 Å². The van der Waals surface area contributed by atoms with E-state index in [1.54, 1.807) is 0 Å². The van der Waals surface area contributed by atoms with Gasteiger partial charge < -0.3 is 28.9 Å². The zero-order valence-corrected chi connectivity index (χ0v) is 19.5. The van der Waals surface area contributed by atoms with Crippen LogP contribution in [0.2, 0.25) is 0 Å². The highest BCUT2D eigenvalue weighted by Crippen LogP contribution is 2.36. The number of aromatic nitrogens is 4. The van der Waals surface area contributed by atoms with Crippen molar-refractivity contribution in [1.82, 2.24) is 20.2 Å². The summed E-state index contributed by atoms with van der Waals surface area (Å²) in [6.07, 6.45) is -2.28. The number of halogens is 3. The Morgan fingerprint density at radius 1 is 1.19 bits per heavy atom. The average Bonchev–Trinajstić information content (AvgIpc) is 3.52. The quantitative estimate of drug-likeness (QED) is 0.456. The smallest absolute Gasteiger partial charge is 0.195 e. The zero-order chi connectivity index (χ0) is 25.6. The molecule has 4 heterocycles. The third-order valence-corrected chi connectivity index (χ3v) is 6.78. The lowest BCUT2D eigenvalue weighted by Crippen LogP contribution is -2.57. The first-order valence-electron chi connectivity index (χ1n) is 11.3. The fourth-order valence-electron chi connectivity index (χ4n) is 4.65. The fourth-order valence-corrected chi connectivity index (χ4v) is 4.65. The van der Waals surface area contributed by atoms with Crippen molar-refractivity contribution in [2.75, 3.05) is 26.9 Å². The van der Waals surface area contributed by atoms with E-state index >= 15 is 0 Å². The Labute approximate surface area is 203 Å². The van der Waals surface area contributed by atoms with E-state index in [0.29, 0.717) is 19.0 Å². The number of aliphatic hydroxyl groups is 2. The van der Waals surface area contributed by atoms with Gasteiger partial charge in [-0.05, 0) is 19.1 Å². The summed E-state index contributed by atoms with van der Waals surface area (Å²) in [6.45, 7) is 2.59. The number of hydrogen-bond donors (Lipinski definition) is 2. The van der Waals surface area contributed by atoms with Crippen LogP contribution in [-0.2, 0) is 26.0 Å². The number of rotatable bonds is 7. The zero-order valence-electron chi connectivity index (χ0n) is 19.5. The molecule has 2 aliphatic heterocycles. The second kappa shape index (κ2) is 9.56. The molecule has 2 fully saturated rings. The van der Waals surface area contributed by atoms with Crippen LogP contribution in [0.1, 0.15) is 24.4 Å². The summed E-state index contributed by atoms with van der Waals surface area (Å²) in [5, 5.41) is 32.8. The SMILES string of the molecule is CO[C@@H]1[C@@H](n2cc(-c3ccc(F)c(F)c3F)nn2)[C@@H](O)[C@@H](CO)O[C@@H]1Cc1cc(C2(C)COC2)no1.